The second-order valence-corrected chi connectivity index (χ2v) is 8.22. The molecule has 2 aromatic rings. The molecule has 0 atom stereocenters. The Hall–Kier alpha value is -2.84. The van der Waals surface area contributed by atoms with Gasteiger partial charge in [-0.3, -0.25) is 9.80 Å². The summed E-state index contributed by atoms with van der Waals surface area (Å²) in [5, 5.41) is 11.5. The van der Waals surface area contributed by atoms with Gasteiger partial charge in [-0.15, -0.1) is 5.12 Å². The predicted octanol–water partition coefficient (Wildman–Crippen LogP) is 1.67. The van der Waals surface area contributed by atoms with Crippen molar-refractivity contribution >= 4 is 5.91 Å². The molecular weight excluding hydrogens is 368 g/mol. The van der Waals surface area contributed by atoms with Gasteiger partial charge < -0.3 is 20.2 Å². The number of rotatable bonds is 5. The summed E-state index contributed by atoms with van der Waals surface area (Å²) in [6, 6.07) is 12.0. The molecule has 1 aromatic heterocycles. The van der Waals surface area contributed by atoms with E-state index in [0.717, 1.165) is 31.5 Å². The molecule has 1 aromatic carbocycles. The fraction of sp³-hybridized carbons (Fsp3) is 0.429. The fourth-order valence-corrected chi connectivity index (χ4v) is 4.40. The van der Waals surface area contributed by atoms with Crippen molar-refractivity contribution in [3.8, 4) is 11.3 Å². The second-order valence-electron chi connectivity index (χ2n) is 8.22. The molecule has 0 spiro atoms. The third-order valence-electron chi connectivity index (χ3n) is 6.07. The molecule has 0 radical (unpaired) electrons. The average Bonchev–Trinajstić information content (AvgIpc) is 3.30. The molecule has 1 saturated carbocycles. The smallest absolute Gasteiger partial charge is 0.290 e. The summed E-state index contributed by atoms with van der Waals surface area (Å²) < 4.78 is 5.27. The summed E-state index contributed by atoms with van der Waals surface area (Å²) in [6.45, 7) is 2.19. The number of benzene rings is 1. The number of hydrazine groups is 2. The number of nitrogens with one attached hydrogen (secondary N) is 2. The van der Waals surface area contributed by atoms with E-state index in [1.165, 1.54) is 5.70 Å². The van der Waals surface area contributed by atoms with E-state index in [0.29, 0.717) is 17.7 Å². The maximum absolute atomic E-state index is 12.6. The van der Waals surface area contributed by atoms with Gasteiger partial charge in [-0.05, 0) is 19.9 Å². The van der Waals surface area contributed by atoms with Crippen LogP contribution >= 0.6 is 0 Å². The van der Waals surface area contributed by atoms with E-state index >= 15 is 0 Å². The lowest BCUT2D eigenvalue weighted by Gasteiger charge is -2.48. The molecule has 2 N–H and O–H groups in total. The van der Waals surface area contributed by atoms with Gasteiger partial charge in [-0.2, -0.15) is 0 Å². The standard InChI is InChI=1S/C21H26N6O2/c1-25-12-15(13-25)19-11-22-26(2)27(19)17-8-16(9-17)23-21(28)20-10-18(24-29-20)14-6-4-3-5-7-14/h3-7,10-11,15-17,22H,8-9,12-13H2,1-2H3,(H,23,28)/t16-,17-. The maximum atomic E-state index is 12.6. The molecule has 152 valence electrons. The number of likely N-dealkylation sites (tertiary alicyclic amines) is 1. The van der Waals surface area contributed by atoms with Crippen molar-refractivity contribution in [1.82, 2.24) is 30.9 Å². The number of aromatic nitrogens is 1. The van der Waals surface area contributed by atoms with Gasteiger partial charge in [0.1, 0.15) is 5.69 Å². The first-order valence-electron chi connectivity index (χ1n) is 10.1. The van der Waals surface area contributed by atoms with Crippen LogP contribution in [0.4, 0.5) is 0 Å². The van der Waals surface area contributed by atoms with Crippen molar-refractivity contribution in [2.24, 2.45) is 5.92 Å². The second kappa shape index (κ2) is 7.20. The molecule has 1 saturated heterocycles. The highest BCUT2D eigenvalue weighted by atomic mass is 16.5. The number of amides is 1. The fourth-order valence-electron chi connectivity index (χ4n) is 4.40. The van der Waals surface area contributed by atoms with Crippen LogP contribution in [0, 0.1) is 5.92 Å². The quantitative estimate of drug-likeness (QED) is 0.799. The largest absolute Gasteiger partial charge is 0.350 e. The highest BCUT2D eigenvalue weighted by molar-refractivity contribution is 5.92. The van der Waals surface area contributed by atoms with Crippen molar-refractivity contribution in [3.63, 3.8) is 0 Å². The molecule has 2 fully saturated rings. The number of carbonyl (C=O) groups excluding carboxylic acids is 1. The van der Waals surface area contributed by atoms with Gasteiger partial charge in [0.05, 0.1) is 11.7 Å². The minimum Gasteiger partial charge on any atom is -0.350 e. The Balaban J connectivity index is 1.16. The Morgan fingerprint density at radius 3 is 2.69 bits per heavy atom. The lowest BCUT2D eigenvalue weighted by atomic mass is 9.84. The molecule has 0 unspecified atom stereocenters. The molecular formula is C21H26N6O2. The van der Waals surface area contributed by atoms with Crippen LogP contribution in [-0.2, 0) is 0 Å². The molecule has 8 nitrogen and oxygen atoms in total. The molecule has 1 aliphatic carbocycles. The Labute approximate surface area is 170 Å². The van der Waals surface area contributed by atoms with Crippen LogP contribution in [0.15, 0.2) is 52.8 Å². The average molecular weight is 394 g/mol. The van der Waals surface area contributed by atoms with Crippen molar-refractivity contribution in [1.29, 1.82) is 0 Å². The van der Waals surface area contributed by atoms with Crippen molar-refractivity contribution in [2.45, 2.75) is 24.9 Å². The summed E-state index contributed by atoms with van der Waals surface area (Å²) in [5.41, 5.74) is 6.26. The van der Waals surface area contributed by atoms with Crippen LogP contribution in [0.25, 0.3) is 11.3 Å². The SMILES string of the molecule is CN1CC(C2=CNN(C)N2[C@H]2C[C@H](NC(=O)c3cc(-c4ccccc4)no3)C2)C1. The number of nitrogens with zero attached hydrogens (tertiary/aromatic N) is 4. The van der Waals surface area contributed by atoms with Gasteiger partial charge in [0.15, 0.2) is 0 Å². The van der Waals surface area contributed by atoms with E-state index in [1.807, 2.05) is 37.4 Å². The predicted molar refractivity (Wildman–Crippen MR) is 108 cm³/mol. The molecule has 1 amide bonds. The van der Waals surface area contributed by atoms with Gasteiger partial charge in [-0.1, -0.05) is 35.5 Å². The van der Waals surface area contributed by atoms with E-state index < -0.39 is 0 Å². The summed E-state index contributed by atoms with van der Waals surface area (Å²) >= 11 is 0. The van der Waals surface area contributed by atoms with E-state index in [2.05, 4.69) is 44.2 Å². The molecule has 29 heavy (non-hydrogen) atoms. The summed E-state index contributed by atoms with van der Waals surface area (Å²) in [5.74, 6) is 0.634. The van der Waals surface area contributed by atoms with E-state index in [4.69, 9.17) is 4.52 Å². The zero-order valence-corrected chi connectivity index (χ0v) is 16.7. The van der Waals surface area contributed by atoms with Crippen molar-refractivity contribution in [2.75, 3.05) is 27.2 Å². The van der Waals surface area contributed by atoms with Crippen molar-refractivity contribution < 1.29 is 9.32 Å². The highest BCUT2D eigenvalue weighted by Crippen LogP contribution is 2.36. The van der Waals surface area contributed by atoms with Gasteiger partial charge in [0, 0.05) is 49.9 Å². The highest BCUT2D eigenvalue weighted by Gasteiger charge is 2.43. The van der Waals surface area contributed by atoms with Crippen LogP contribution in [-0.4, -0.2) is 65.4 Å². The first-order valence-corrected chi connectivity index (χ1v) is 10.1. The Bertz CT molecular complexity index is 914. The maximum Gasteiger partial charge on any atom is 0.290 e. The van der Waals surface area contributed by atoms with Gasteiger partial charge in [0.2, 0.25) is 5.76 Å². The van der Waals surface area contributed by atoms with Crippen LogP contribution in [0.2, 0.25) is 0 Å². The minimum absolute atomic E-state index is 0.150. The third-order valence-corrected chi connectivity index (χ3v) is 6.07. The van der Waals surface area contributed by atoms with E-state index in [1.54, 1.807) is 6.07 Å². The molecule has 2 aliphatic heterocycles. The van der Waals surface area contributed by atoms with Crippen LogP contribution in [0.3, 0.4) is 0 Å². The Morgan fingerprint density at radius 2 is 1.97 bits per heavy atom. The summed E-state index contributed by atoms with van der Waals surface area (Å²) in [6.07, 6.45) is 3.94. The van der Waals surface area contributed by atoms with Gasteiger partial charge in [-0.25, -0.2) is 0 Å². The van der Waals surface area contributed by atoms with Crippen LogP contribution < -0.4 is 10.7 Å². The van der Waals surface area contributed by atoms with E-state index in [-0.39, 0.29) is 17.7 Å². The lowest BCUT2D eigenvalue weighted by Crippen LogP contribution is -2.59. The van der Waals surface area contributed by atoms with Gasteiger partial charge in [0.25, 0.3) is 5.91 Å². The normalized spacial score (nSPS) is 25.2. The molecule has 3 aliphatic rings. The zero-order valence-electron chi connectivity index (χ0n) is 16.7. The van der Waals surface area contributed by atoms with Crippen LogP contribution in [0.5, 0.6) is 0 Å². The summed E-state index contributed by atoms with van der Waals surface area (Å²) in [4.78, 5) is 14.9. The van der Waals surface area contributed by atoms with Gasteiger partial charge >= 0.3 is 0 Å². The third kappa shape index (κ3) is 3.38. The number of hydrogen-bond acceptors (Lipinski definition) is 7. The molecule has 3 heterocycles. The van der Waals surface area contributed by atoms with Crippen molar-refractivity contribution in [3.05, 3.63) is 54.1 Å². The first-order chi connectivity index (χ1) is 14.1. The number of carbonyl (C=O) groups is 1. The number of hydrogen-bond donors (Lipinski definition) is 2. The molecule has 0 bridgehead atoms. The monoisotopic (exact) mass is 394 g/mol. The molecule has 8 heteroatoms. The topological polar surface area (TPSA) is 76.9 Å². The zero-order chi connectivity index (χ0) is 20.0. The Kier molecular flexibility index (Phi) is 4.52. The first kappa shape index (κ1) is 18.2. The van der Waals surface area contributed by atoms with E-state index in [9.17, 15) is 4.79 Å². The minimum atomic E-state index is -0.201. The Morgan fingerprint density at radius 1 is 1.21 bits per heavy atom. The lowest BCUT2D eigenvalue weighted by molar-refractivity contribution is -0.0629. The summed E-state index contributed by atoms with van der Waals surface area (Å²) in [7, 11) is 4.19. The molecule has 5 rings (SSSR count). The van der Waals surface area contributed by atoms with Crippen LogP contribution in [0.1, 0.15) is 23.4 Å².